The first kappa shape index (κ1) is 28.1. The van der Waals surface area contributed by atoms with Gasteiger partial charge in [0.15, 0.2) is 0 Å². The molecule has 0 N–H and O–H groups in total. The van der Waals surface area contributed by atoms with Gasteiger partial charge in [0, 0.05) is 37.7 Å². The van der Waals surface area contributed by atoms with E-state index in [1.54, 1.807) is 41.5 Å². The third kappa shape index (κ3) is 7.16. The minimum atomic E-state index is -4.10. The number of carbonyl (C=O) groups excluding carboxylic acids is 3. The number of halogens is 1. The standard InChI is InChI=1S/C22H32BrN3O7S/c1-21(2,3)32-19(28)24(7)18(27)16-14-15(23)8-9-17(16)34(30,31)26-12-10-25(11-13-26)20(29)33-22(4,5)6/h8-9,14H,10-13H2,1-7H3. The molecular weight excluding hydrogens is 530 g/mol. The van der Waals surface area contributed by atoms with Crippen molar-refractivity contribution in [1.82, 2.24) is 14.1 Å². The highest BCUT2D eigenvalue weighted by molar-refractivity contribution is 9.10. The predicted molar refractivity (Wildman–Crippen MR) is 129 cm³/mol. The van der Waals surface area contributed by atoms with Crippen LogP contribution in [-0.2, 0) is 19.5 Å². The van der Waals surface area contributed by atoms with Crippen LogP contribution in [-0.4, -0.2) is 85.0 Å². The van der Waals surface area contributed by atoms with Crippen molar-refractivity contribution in [3.63, 3.8) is 0 Å². The van der Waals surface area contributed by atoms with Gasteiger partial charge in [-0.25, -0.2) is 22.9 Å². The number of benzene rings is 1. The molecule has 3 amide bonds. The highest BCUT2D eigenvalue weighted by Crippen LogP contribution is 2.27. The second kappa shape index (κ2) is 10.2. The van der Waals surface area contributed by atoms with Crippen molar-refractivity contribution in [3.8, 4) is 0 Å². The lowest BCUT2D eigenvalue weighted by molar-refractivity contribution is 0.0191. The van der Waals surface area contributed by atoms with Gasteiger partial charge < -0.3 is 14.4 Å². The lowest BCUT2D eigenvalue weighted by Crippen LogP contribution is -2.51. The van der Waals surface area contributed by atoms with Crippen LogP contribution in [0.2, 0.25) is 0 Å². The van der Waals surface area contributed by atoms with E-state index in [-0.39, 0.29) is 36.6 Å². The van der Waals surface area contributed by atoms with Gasteiger partial charge in [0.1, 0.15) is 11.2 Å². The summed E-state index contributed by atoms with van der Waals surface area (Å²) in [5.41, 5.74) is -1.66. The quantitative estimate of drug-likeness (QED) is 0.552. The third-order valence-corrected chi connectivity index (χ3v) is 7.10. The van der Waals surface area contributed by atoms with E-state index >= 15 is 0 Å². The summed E-state index contributed by atoms with van der Waals surface area (Å²) in [4.78, 5) is 39.7. The summed E-state index contributed by atoms with van der Waals surface area (Å²) in [6, 6.07) is 4.18. The molecule has 34 heavy (non-hydrogen) atoms. The summed E-state index contributed by atoms with van der Waals surface area (Å²) in [7, 11) is -2.87. The third-order valence-electron chi connectivity index (χ3n) is 4.65. The average Bonchev–Trinajstić information content (AvgIpc) is 2.70. The van der Waals surface area contributed by atoms with Gasteiger partial charge in [-0.3, -0.25) is 4.79 Å². The minimum Gasteiger partial charge on any atom is -0.444 e. The van der Waals surface area contributed by atoms with Crippen LogP contribution in [0.5, 0.6) is 0 Å². The number of nitrogens with zero attached hydrogens (tertiary/aromatic N) is 3. The minimum absolute atomic E-state index is 0.0349. The first-order valence-corrected chi connectivity index (χ1v) is 12.9. The second-order valence-electron chi connectivity index (χ2n) is 9.86. The average molecular weight is 562 g/mol. The first-order valence-electron chi connectivity index (χ1n) is 10.7. The SMILES string of the molecule is CN(C(=O)OC(C)(C)C)C(=O)c1cc(Br)ccc1S(=O)(=O)N1CCN(C(=O)OC(C)(C)C)CC1. The van der Waals surface area contributed by atoms with Gasteiger partial charge in [0.05, 0.1) is 10.5 Å². The number of imide groups is 1. The maximum atomic E-state index is 13.4. The number of rotatable bonds is 3. The molecule has 1 aliphatic heterocycles. The van der Waals surface area contributed by atoms with E-state index in [1.807, 2.05) is 0 Å². The van der Waals surface area contributed by atoms with Gasteiger partial charge in [0.25, 0.3) is 5.91 Å². The van der Waals surface area contributed by atoms with Crippen molar-refractivity contribution in [2.75, 3.05) is 33.2 Å². The summed E-state index contributed by atoms with van der Waals surface area (Å²) in [5.74, 6) is -0.818. The molecule has 10 nitrogen and oxygen atoms in total. The maximum absolute atomic E-state index is 13.4. The Morgan fingerprint density at radius 1 is 0.941 bits per heavy atom. The zero-order valence-corrected chi connectivity index (χ0v) is 22.9. The lowest BCUT2D eigenvalue weighted by atomic mass is 10.2. The monoisotopic (exact) mass is 561 g/mol. The Bertz CT molecular complexity index is 1050. The van der Waals surface area contributed by atoms with Crippen LogP contribution in [0.3, 0.4) is 0 Å². The van der Waals surface area contributed by atoms with Crippen molar-refractivity contribution in [1.29, 1.82) is 0 Å². The molecule has 0 saturated carbocycles. The Morgan fingerprint density at radius 3 is 1.97 bits per heavy atom. The molecule has 190 valence electrons. The molecular formula is C22H32BrN3O7S. The number of hydrogen-bond acceptors (Lipinski definition) is 7. The first-order chi connectivity index (χ1) is 15.4. The molecule has 0 unspecified atom stereocenters. The second-order valence-corrected chi connectivity index (χ2v) is 12.7. The molecule has 1 fully saturated rings. The van der Waals surface area contributed by atoms with Gasteiger partial charge >= 0.3 is 12.2 Å². The van der Waals surface area contributed by atoms with E-state index in [4.69, 9.17) is 9.47 Å². The van der Waals surface area contributed by atoms with Crippen LogP contribution in [0, 0.1) is 0 Å². The van der Waals surface area contributed by atoms with E-state index in [9.17, 15) is 22.8 Å². The highest BCUT2D eigenvalue weighted by atomic mass is 79.9. The molecule has 1 heterocycles. The fourth-order valence-electron chi connectivity index (χ4n) is 3.06. The van der Waals surface area contributed by atoms with Crippen LogP contribution in [0.1, 0.15) is 51.9 Å². The molecule has 1 aromatic rings. The van der Waals surface area contributed by atoms with Crippen molar-refractivity contribution in [3.05, 3.63) is 28.2 Å². The normalized spacial score (nSPS) is 15.6. The van der Waals surface area contributed by atoms with E-state index in [0.717, 1.165) is 4.90 Å². The van der Waals surface area contributed by atoms with E-state index < -0.39 is 39.3 Å². The number of carbonyl (C=O) groups is 3. The zero-order chi connectivity index (χ0) is 26.1. The predicted octanol–water partition coefficient (Wildman–Crippen LogP) is 3.70. The van der Waals surface area contributed by atoms with Crippen molar-refractivity contribution in [2.24, 2.45) is 0 Å². The van der Waals surface area contributed by atoms with Crippen LogP contribution in [0.4, 0.5) is 9.59 Å². The smallest absolute Gasteiger partial charge is 0.417 e. The van der Waals surface area contributed by atoms with Gasteiger partial charge in [0.2, 0.25) is 10.0 Å². The van der Waals surface area contributed by atoms with E-state index in [1.165, 1.54) is 34.5 Å². The molecule has 1 saturated heterocycles. The fraction of sp³-hybridized carbons (Fsp3) is 0.591. The molecule has 1 aliphatic rings. The molecule has 0 bridgehead atoms. The van der Waals surface area contributed by atoms with Gasteiger partial charge in [-0.15, -0.1) is 0 Å². The number of sulfonamides is 1. The van der Waals surface area contributed by atoms with Crippen LogP contribution in [0.25, 0.3) is 0 Å². The highest BCUT2D eigenvalue weighted by Gasteiger charge is 2.35. The number of piperazine rings is 1. The van der Waals surface area contributed by atoms with E-state index in [2.05, 4.69) is 15.9 Å². The summed E-state index contributed by atoms with van der Waals surface area (Å²) >= 11 is 3.26. The lowest BCUT2D eigenvalue weighted by Gasteiger charge is -2.35. The largest absolute Gasteiger partial charge is 0.444 e. The molecule has 0 atom stereocenters. The summed E-state index contributed by atoms with van der Waals surface area (Å²) in [6.07, 6.45) is -1.41. The number of amides is 3. The van der Waals surface area contributed by atoms with Crippen molar-refractivity contribution in [2.45, 2.75) is 57.6 Å². The molecule has 12 heteroatoms. The molecule has 0 radical (unpaired) electrons. The summed E-state index contributed by atoms with van der Waals surface area (Å²) in [5, 5.41) is 0. The molecule has 0 aromatic heterocycles. The summed E-state index contributed by atoms with van der Waals surface area (Å²) < 4.78 is 39.1. The Balaban J connectivity index is 2.27. The molecule has 0 spiro atoms. The van der Waals surface area contributed by atoms with Crippen LogP contribution in [0.15, 0.2) is 27.6 Å². The molecule has 0 aliphatic carbocycles. The Kier molecular flexibility index (Phi) is 8.42. The van der Waals surface area contributed by atoms with Gasteiger partial charge in [-0.2, -0.15) is 4.31 Å². The van der Waals surface area contributed by atoms with Crippen molar-refractivity contribution < 1.29 is 32.3 Å². The number of ether oxygens (including phenoxy) is 2. The van der Waals surface area contributed by atoms with Crippen LogP contribution < -0.4 is 0 Å². The Hall–Kier alpha value is -2.18. The zero-order valence-electron chi connectivity index (χ0n) is 20.5. The molecule has 2 rings (SSSR count). The Morgan fingerprint density at radius 2 is 1.47 bits per heavy atom. The Labute approximate surface area is 209 Å². The number of hydrogen-bond donors (Lipinski definition) is 0. The van der Waals surface area contributed by atoms with Gasteiger partial charge in [-0.1, -0.05) is 15.9 Å². The van der Waals surface area contributed by atoms with E-state index in [0.29, 0.717) is 4.47 Å². The van der Waals surface area contributed by atoms with Crippen LogP contribution >= 0.6 is 15.9 Å². The van der Waals surface area contributed by atoms with Gasteiger partial charge in [-0.05, 0) is 59.7 Å². The fourth-order valence-corrected chi connectivity index (χ4v) is 5.01. The molecule has 1 aromatic carbocycles. The topological polar surface area (TPSA) is 114 Å². The summed E-state index contributed by atoms with van der Waals surface area (Å²) in [6.45, 7) is 10.6. The maximum Gasteiger partial charge on any atom is 0.417 e. The van der Waals surface area contributed by atoms with Crippen molar-refractivity contribution >= 4 is 44.0 Å².